The third-order valence-electron chi connectivity index (χ3n) is 4.03. The van der Waals surface area contributed by atoms with E-state index in [9.17, 15) is 9.59 Å². The van der Waals surface area contributed by atoms with Crippen molar-refractivity contribution in [2.24, 2.45) is 5.41 Å². The summed E-state index contributed by atoms with van der Waals surface area (Å²) in [4.78, 5) is 23.8. The number of hydrogen-bond donors (Lipinski definition) is 2. The monoisotopic (exact) mass is 277 g/mol. The van der Waals surface area contributed by atoms with E-state index in [1.165, 1.54) is 0 Å². The van der Waals surface area contributed by atoms with Crippen molar-refractivity contribution in [2.45, 2.75) is 26.2 Å². The van der Waals surface area contributed by atoms with Crippen LogP contribution in [-0.4, -0.2) is 35.2 Å². The lowest BCUT2D eigenvalue weighted by Gasteiger charge is -2.39. The molecular formula is C15H19NO4. The van der Waals surface area contributed by atoms with E-state index < -0.39 is 11.9 Å². The number of aromatic carboxylic acids is 1. The molecule has 0 unspecified atom stereocenters. The number of anilines is 1. The zero-order valence-corrected chi connectivity index (χ0v) is 11.5. The minimum absolute atomic E-state index is 0.136. The first kappa shape index (κ1) is 14.4. The standard InChI is InChI=1S/C15H19NO4/c1-15(10-13(17)18)6-8-16(9-7-15)12-4-2-11(3-5-12)14(19)20/h2-5H,6-10H2,1H3,(H,17,18)(H,19,20). The van der Waals surface area contributed by atoms with E-state index in [1.807, 2.05) is 19.1 Å². The van der Waals surface area contributed by atoms with Gasteiger partial charge in [-0.05, 0) is 42.5 Å². The molecule has 0 saturated carbocycles. The molecule has 0 aromatic heterocycles. The Labute approximate surface area is 117 Å². The maximum atomic E-state index is 10.9. The molecule has 1 aliphatic rings. The second-order valence-corrected chi connectivity index (χ2v) is 5.72. The van der Waals surface area contributed by atoms with Crippen LogP contribution in [0.2, 0.25) is 0 Å². The molecule has 0 amide bonds. The fraction of sp³-hybridized carbons (Fsp3) is 0.467. The lowest BCUT2D eigenvalue weighted by molar-refractivity contribution is -0.139. The molecule has 1 saturated heterocycles. The smallest absolute Gasteiger partial charge is 0.335 e. The van der Waals surface area contributed by atoms with Crippen LogP contribution in [0.1, 0.15) is 36.5 Å². The van der Waals surface area contributed by atoms with Gasteiger partial charge < -0.3 is 15.1 Å². The lowest BCUT2D eigenvalue weighted by Crippen LogP contribution is -2.39. The zero-order valence-electron chi connectivity index (χ0n) is 11.5. The molecule has 108 valence electrons. The Bertz CT molecular complexity index is 501. The minimum atomic E-state index is -0.927. The van der Waals surface area contributed by atoms with Crippen molar-refractivity contribution in [1.82, 2.24) is 0 Å². The van der Waals surface area contributed by atoms with E-state index in [2.05, 4.69) is 4.90 Å². The van der Waals surface area contributed by atoms with Crippen molar-refractivity contribution in [3.63, 3.8) is 0 Å². The molecule has 1 aromatic rings. The van der Waals surface area contributed by atoms with Crippen LogP contribution >= 0.6 is 0 Å². The Morgan fingerprint density at radius 3 is 2.15 bits per heavy atom. The lowest BCUT2D eigenvalue weighted by atomic mass is 9.77. The van der Waals surface area contributed by atoms with Gasteiger partial charge in [0.25, 0.3) is 0 Å². The van der Waals surface area contributed by atoms with Gasteiger partial charge >= 0.3 is 11.9 Å². The summed E-state index contributed by atoms with van der Waals surface area (Å²) >= 11 is 0. The number of aliphatic carboxylic acids is 1. The quantitative estimate of drug-likeness (QED) is 0.884. The highest BCUT2D eigenvalue weighted by molar-refractivity contribution is 5.88. The van der Waals surface area contributed by atoms with Crippen molar-refractivity contribution >= 4 is 17.6 Å². The Hall–Kier alpha value is -2.04. The van der Waals surface area contributed by atoms with Gasteiger partial charge in [0.2, 0.25) is 0 Å². The summed E-state index contributed by atoms with van der Waals surface area (Å²) in [7, 11) is 0. The van der Waals surface area contributed by atoms with E-state index in [4.69, 9.17) is 10.2 Å². The average molecular weight is 277 g/mol. The van der Waals surface area contributed by atoms with E-state index in [0.29, 0.717) is 0 Å². The molecule has 1 aromatic carbocycles. The second kappa shape index (κ2) is 5.53. The first-order valence-electron chi connectivity index (χ1n) is 6.70. The average Bonchev–Trinajstić information content (AvgIpc) is 2.38. The number of hydrogen-bond acceptors (Lipinski definition) is 3. The molecule has 0 bridgehead atoms. The summed E-state index contributed by atoms with van der Waals surface area (Å²) in [6.07, 6.45) is 1.87. The van der Waals surface area contributed by atoms with Crippen molar-refractivity contribution in [1.29, 1.82) is 0 Å². The van der Waals surface area contributed by atoms with Crippen LogP contribution in [0.3, 0.4) is 0 Å². The molecule has 1 aliphatic heterocycles. The number of benzene rings is 1. The largest absolute Gasteiger partial charge is 0.481 e. The SMILES string of the molecule is CC1(CC(=O)O)CCN(c2ccc(C(=O)O)cc2)CC1. The van der Waals surface area contributed by atoms with Crippen molar-refractivity contribution in [3.8, 4) is 0 Å². The molecule has 0 radical (unpaired) electrons. The predicted octanol–water partition coefficient (Wildman–Crippen LogP) is 2.47. The van der Waals surface area contributed by atoms with Gasteiger partial charge in [0.05, 0.1) is 12.0 Å². The van der Waals surface area contributed by atoms with Crippen molar-refractivity contribution in [3.05, 3.63) is 29.8 Å². The van der Waals surface area contributed by atoms with E-state index in [0.717, 1.165) is 31.6 Å². The van der Waals surface area contributed by atoms with Crippen molar-refractivity contribution < 1.29 is 19.8 Å². The molecule has 5 nitrogen and oxygen atoms in total. The Balaban J connectivity index is 2.00. The topological polar surface area (TPSA) is 77.8 Å². The molecule has 0 atom stereocenters. The number of piperidine rings is 1. The first-order chi connectivity index (χ1) is 9.39. The fourth-order valence-electron chi connectivity index (χ4n) is 2.66. The second-order valence-electron chi connectivity index (χ2n) is 5.72. The summed E-state index contributed by atoms with van der Waals surface area (Å²) < 4.78 is 0. The summed E-state index contributed by atoms with van der Waals surface area (Å²) in [5, 5.41) is 17.8. The van der Waals surface area contributed by atoms with Crippen LogP contribution in [0.15, 0.2) is 24.3 Å². The predicted molar refractivity (Wildman–Crippen MR) is 75.2 cm³/mol. The zero-order chi connectivity index (χ0) is 14.8. The third kappa shape index (κ3) is 3.29. The van der Waals surface area contributed by atoms with Gasteiger partial charge in [-0.1, -0.05) is 6.92 Å². The van der Waals surface area contributed by atoms with Crippen LogP contribution in [0.5, 0.6) is 0 Å². The van der Waals surface area contributed by atoms with Crippen LogP contribution in [0.25, 0.3) is 0 Å². The molecule has 0 aliphatic carbocycles. The van der Waals surface area contributed by atoms with Gasteiger partial charge in [-0.15, -0.1) is 0 Å². The number of rotatable bonds is 4. The van der Waals surface area contributed by atoms with Gasteiger partial charge in [-0.2, -0.15) is 0 Å². The number of carboxylic acids is 2. The first-order valence-corrected chi connectivity index (χ1v) is 6.70. The number of nitrogens with zero attached hydrogens (tertiary/aromatic N) is 1. The molecule has 1 heterocycles. The minimum Gasteiger partial charge on any atom is -0.481 e. The molecule has 20 heavy (non-hydrogen) atoms. The van der Waals surface area contributed by atoms with Crippen LogP contribution in [0.4, 0.5) is 5.69 Å². The highest BCUT2D eigenvalue weighted by atomic mass is 16.4. The Kier molecular flexibility index (Phi) is 3.97. The molecular weight excluding hydrogens is 258 g/mol. The molecule has 1 fully saturated rings. The van der Waals surface area contributed by atoms with Crippen LogP contribution < -0.4 is 4.90 Å². The highest BCUT2D eigenvalue weighted by Gasteiger charge is 2.32. The molecule has 0 spiro atoms. The van der Waals surface area contributed by atoms with E-state index >= 15 is 0 Å². The Morgan fingerprint density at radius 2 is 1.70 bits per heavy atom. The van der Waals surface area contributed by atoms with Gasteiger partial charge in [-0.3, -0.25) is 4.79 Å². The third-order valence-corrected chi connectivity index (χ3v) is 4.03. The highest BCUT2D eigenvalue weighted by Crippen LogP contribution is 2.35. The number of carboxylic acid groups (broad SMARTS) is 2. The Morgan fingerprint density at radius 1 is 1.15 bits per heavy atom. The maximum Gasteiger partial charge on any atom is 0.335 e. The van der Waals surface area contributed by atoms with Crippen LogP contribution in [0, 0.1) is 5.41 Å². The molecule has 5 heteroatoms. The van der Waals surface area contributed by atoms with E-state index in [-0.39, 0.29) is 17.4 Å². The summed E-state index contributed by atoms with van der Waals surface area (Å²) in [6.45, 7) is 3.62. The fourth-order valence-corrected chi connectivity index (χ4v) is 2.66. The van der Waals surface area contributed by atoms with Gasteiger partial charge in [0, 0.05) is 18.8 Å². The maximum absolute atomic E-state index is 10.9. The van der Waals surface area contributed by atoms with Crippen LogP contribution in [-0.2, 0) is 4.79 Å². The normalized spacial score (nSPS) is 17.8. The van der Waals surface area contributed by atoms with E-state index in [1.54, 1.807) is 12.1 Å². The summed E-state index contributed by atoms with van der Waals surface area (Å²) in [5.74, 6) is -1.67. The van der Waals surface area contributed by atoms with Crippen molar-refractivity contribution in [2.75, 3.05) is 18.0 Å². The number of carbonyl (C=O) groups is 2. The molecule has 2 rings (SSSR count). The van der Waals surface area contributed by atoms with Gasteiger partial charge in [-0.25, -0.2) is 4.79 Å². The van der Waals surface area contributed by atoms with Gasteiger partial charge in [0.15, 0.2) is 0 Å². The summed E-state index contributed by atoms with van der Waals surface area (Å²) in [5.41, 5.74) is 1.14. The summed E-state index contributed by atoms with van der Waals surface area (Å²) in [6, 6.07) is 6.82. The molecule has 2 N–H and O–H groups in total. The van der Waals surface area contributed by atoms with Gasteiger partial charge in [0.1, 0.15) is 0 Å².